The number of aromatic nitrogens is 2. The Morgan fingerprint density at radius 2 is 0.473 bits per heavy atom. The standard InChI is InChI=1S/C100H98N2O8/c1-19-21-27-57-37-71-79(103)45-75-67-41-83(107-97-59(49(3)4)29-23-30-60(97)50(5)6)89-91-85(109-99-63(53(11)12)33-25-34-64(99)54(13)14)43-69-77-47-81(105)73-39-58(28-22-20-2)40-74-82(106)48-78(102(77)96(73)74)70-44-86(110-100-65(55(15)16)35-26-36-66(100)56(17)18)92(94(91)88(69)70)90-84(108-98-61(51(7)8)31-24-32-62(98)52(9)10)42-68(87(67)93(89)90)76-46-80(104)72(38-57)95(71)101(75)76/h23-26,29-56H,19-22,27-28H2,1-18H3. The largest absolute Gasteiger partial charge is 0.456 e. The Hall–Kier alpha value is -10.8. The number of benzene rings is 11. The van der Waals surface area contributed by atoms with Crippen LogP contribution in [-0.2, 0) is 12.8 Å². The molecule has 6 heterocycles. The summed E-state index contributed by atoms with van der Waals surface area (Å²) in [4.78, 5) is 62.8. The van der Waals surface area contributed by atoms with Crippen LogP contribution in [0.15, 0.2) is 165 Å². The fourth-order valence-corrected chi connectivity index (χ4v) is 18.4. The molecule has 0 unspecified atom stereocenters. The molecule has 10 nitrogen and oxygen atoms in total. The molecule has 0 atom stereocenters. The van der Waals surface area contributed by atoms with Crippen molar-refractivity contribution in [3.63, 3.8) is 0 Å². The molecule has 17 aromatic rings. The summed E-state index contributed by atoms with van der Waals surface area (Å²) in [7, 11) is 0. The van der Waals surface area contributed by atoms with Crippen LogP contribution in [-0.4, -0.2) is 8.80 Å². The van der Waals surface area contributed by atoms with Crippen LogP contribution in [0.25, 0.3) is 119 Å². The first-order valence-electron chi connectivity index (χ1n) is 40.4. The van der Waals surface area contributed by atoms with Gasteiger partial charge in [0.25, 0.3) is 0 Å². The van der Waals surface area contributed by atoms with Crippen molar-refractivity contribution < 1.29 is 18.9 Å². The van der Waals surface area contributed by atoms with Crippen molar-refractivity contribution in [3.05, 3.63) is 242 Å². The number of hydrogen-bond acceptors (Lipinski definition) is 8. The molecule has 0 fully saturated rings. The molecular weight excluding hydrogens is 1360 g/mol. The number of hydrogen-bond donors (Lipinski definition) is 0. The fourth-order valence-electron chi connectivity index (χ4n) is 18.4. The van der Waals surface area contributed by atoms with E-state index in [0.717, 1.165) is 160 Å². The smallest absolute Gasteiger partial charge is 0.190 e. The van der Waals surface area contributed by atoms with Crippen molar-refractivity contribution in [2.45, 2.75) is 210 Å². The maximum atomic E-state index is 15.7. The second-order valence-corrected chi connectivity index (χ2v) is 33.9. The number of pyridine rings is 6. The number of nitrogens with zero attached hydrogens (tertiary/aromatic N) is 2. The lowest BCUT2D eigenvalue weighted by Crippen LogP contribution is -2.14. The van der Waals surface area contributed by atoms with E-state index in [1.165, 1.54) is 0 Å². The van der Waals surface area contributed by atoms with Crippen LogP contribution >= 0.6 is 0 Å². The van der Waals surface area contributed by atoms with Crippen molar-refractivity contribution >= 4 is 119 Å². The van der Waals surface area contributed by atoms with Gasteiger partial charge in [-0.25, -0.2) is 0 Å². The van der Waals surface area contributed by atoms with E-state index in [2.05, 4.69) is 230 Å². The Bertz CT molecular complexity index is 5970. The quantitative estimate of drug-likeness (QED) is 0.0487. The summed E-state index contributed by atoms with van der Waals surface area (Å²) in [5.41, 5.74) is 12.9. The van der Waals surface area contributed by atoms with Gasteiger partial charge in [-0.3, -0.25) is 19.2 Å². The fraction of sp³-hybridized carbons (Fsp3) is 0.320. The second-order valence-electron chi connectivity index (χ2n) is 33.9. The van der Waals surface area contributed by atoms with Crippen molar-refractivity contribution in [3.8, 4) is 46.0 Å². The van der Waals surface area contributed by atoms with Crippen LogP contribution in [0.5, 0.6) is 46.0 Å². The molecule has 0 spiro atoms. The van der Waals surface area contributed by atoms with Crippen LogP contribution in [0, 0.1) is 0 Å². The summed E-state index contributed by atoms with van der Waals surface area (Å²) in [5.74, 6) is 4.97. The molecule has 6 aromatic heterocycles. The number of ether oxygens (including phenoxy) is 4. The van der Waals surface area contributed by atoms with Gasteiger partial charge in [-0.2, -0.15) is 0 Å². The normalized spacial score (nSPS) is 12.7. The van der Waals surface area contributed by atoms with E-state index in [9.17, 15) is 0 Å². The maximum absolute atomic E-state index is 15.7. The lowest BCUT2D eigenvalue weighted by Gasteiger charge is -2.29. The van der Waals surface area contributed by atoms with E-state index in [1.807, 2.05) is 24.3 Å². The molecule has 0 aliphatic heterocycles. The SMILES string of the molecule is CCCCc1cc2c(=O)cc3c4cc(Oc5c(C(C)C)cccc5C(C)C)c5c6c(Oc7c(C(C)C)cccc7C(C)C)cc7c8c(cc(Oc9c(C(C)C)cccc9C(C)C)c(c9c(Oc%10c(C(C)C)cccc%10C(C)C)cc(c4c59)c4cc(=O)c(c1)c2n34)c68)c1cc(=O)c2cc(CCCC)cc3c(=O)cc7n1c32. The van der Waals surface area contributed by atoms with E-state index >= 15 is 19.2 Å². The third-order valence-electron chi connectivity index (χ3n) is 23.9. The predicted molar refractivity (Wildman–Crippen MR) is 460 cm³/mol. The van der Waals surface area contributed by atoms with E-state index in [-0.39, 0.29) is 69.1 Å². The van der Waals surface area contributed by atoms with Crippen LogP contribution in [0.2, 0.25) is 0 Å². The first kappa shape index (κ1) is 72.0. The average molecular weight is 1460 g/mol. The van der Waals surface area contributed by atoms with Crippen LogP contribution in [0.4, 0.5) is 0 Å². The first-order chi connectivity index (χ1) is 52.8. The topological polar surface area (TPSA) is 114 Å². The van der Waals surface area contributed by atoms with Crippen LogP contribution < -0.4 is 40.7 Å². The molecule has 11 aromatic carbocycles. The highest BCUT2D eigenvalue weighted by molar-refractivity contribution is 6.46. The summed E-state index contributed by atoms with van der Waals surface area (Å²) in [5, 5.41) is 10.6. The number of aryl methyl sites for hydroxylation is 2. The molecule has 110 heavy (non-hydrogen) atoms. The summed E-state index contributed by atoms with van der Waals surface area (Å²) in [6.45, 7) is 39.6. The highest BCUT2D eigenvalue weighted by atomic mass is 16.5. The molecule has 556 valence electrons. The Morgan fingerprint density at radius 3 is 0.664 bits per heavy atom. The number of para-hydroxylation sites is 4. The van der Waals surface area contributed by atoms with Gasteiger partial charge in [0, 0.05) is 110 Å². The molecule has 0 aliphatic rings. The summed E-state index contributed by atoms with van der Waals surface area (Å²) in [6.07, 6.45) is 5.17. The summed E-state index contributed by atoms with van der Waals surface area (Å²) in [6, 6.07) is 49.6. The van der Waals surface area contributed by atoms with E-state index < -0.39 is 0 Å². The van der Waals surface area contributed by atoms with Gasteiger partial charge in [0.1, 0.15) is 46.0 Å². The summed E-state index contributed by atoms with van der Waals surface area (Å²) < 4.78 is 37.3. The predicted octanol–water partition coefficient (Wildman–Crippen LogP) is 27.2. The minimum atomic E-state index is -0.189. The molecule has 0 bridgehead atoms. The molecular formula is C100H98N2O8. The molecule has 0 saturated heterocycles. The Kier molecular flexibility index (Phi) is 17.7. The zero-order valence-corrected chi connectivity index (χ0v) is 66.9. The van der Waals surface area contributed by atoms with Gasteiger partial charge in [0.2, 0.25) is 0 Å². The minimum Gasteiger partial charge on any atom is -0.456 e. The zero-order chi connectivity index (χ0) is 77.2. The third kappa shape index (κ3) is 11.0. The van der Waals surface area contributed by atoms with Crippen molar-refractivity contribution in [1.29, 1.82) is 0 Å². The van der Waals surface area contributed by atoms with Gasteiger partial charge in [0.15, 0.2) is 21.7 Å². The average Bonchev–Trinajstić information content (AvgIpc) is 0.660. The molecule has 0 aliphatic carbocycles. The minimum absolute atomic E-state index is 0.0123. The molecule has 0 amide bonds. The van der Waals surface area contributed by atoms with E-state index in [4.69, 9.17) is 18.9 Å². The number of rotatable bonds is 22. The number of fused-ring (bicyclic) bond motifs is 6. The zero-order valence-electron chi connectivity index (χ0n) is 66.9. The highest BCUT2D eigenvalue weighted by Gasteiger charge is 2.36. The van der Waals surface area contributed by atoms with Crippen molar-refractivity contribution in [1.82, 2.24) is 8.80 Å². The van der Waals surface area contributed by atoms with Crippen molar-refractivity contribution in [2.75, 3.05) is 0 Å². The van der Waals surface area contributed by atoms with E-state index in [0.29, 0.717) is 99.2 Å². The van der Waals surface area contributed by atoms with Crippen molar-refractivity contribution in [2.24, 2.45) is 0 Å². The van der Waals surface area contributed by atoms with Gasteiger partial charge in [-0.05, 0) is 177 Å². The third-order valence-corrected chi connectivity index (χ3v) is 23.9. The summed E-state index contributed by atoms with van der Waals surface area (Å²) >= 11 is 0. The van der Waals surface area contributed by atoms with Gasteiger partial charge >= 0.3 is 0 Å². The van der Waals surface area contributed by atoms with Gasteiger partial charge in [-0.1, -0.05) is 210 Å². The molecule has 10 heteroatoms. The second kappa shape index (κ2) is 27.0. The highest BCUT2D eigenvalue weighted by Crippen LogP contribution is 2.61. The molecule has 0 N–H and O–H groups in total. The molecule has 0 saturated carbocycles. The lowest BCUT2D eigenvalue weighted by molar-refractivity contribution is 0.464. The van der Waals surface area contributed by atoms with E-state index in [1.54, 1.807) is 24.3 Å². The monoisotopic (exact) mass is 1450 g/mol. The van der Waals surface area contributed by atoms with Gasteiger partial charge in [-0.15, -0.1) is 0 Å². The molecule has 0 radical (unpaired) electrons. The Labute approximate surface area is 641 Å². The van der Waals surface area contributed by atoms with Gasteiger partial charge < -0.3 is 27.7 Å². The molecule has 17 rings (SSSR count). The van der Waals surface area contributed by atoms with Crippen LogP contribution in [0.3, 0.4) is 0 Å². The Balaban J connectivity index is 1.22. The van der Waals surface area contributed by atoms with Gasteiger partial charge in [0.05, 0.1) is 33.1 Å². The lowest BCUT2D eigenvalue weighted by atomic mass is 9.82. The number of unbranched alkanes of at least 4 members (excludes halogenated alkanes) is 2. The maximum Gasteiger partial charge on any atom is 0.190 e. The Morgan fingerprint density at radius 1 is 0.264 bits per heavy atom. The van der Waals surface area contributed by atoms with Crippen LogP contribution in [0.1, 0.15) is 253 Å². The first-order valence-corrected chi connectivity index (χ1v) is 40.4.